The SMILES string of the molecule is C#CC(F)(F)[C@]1(O)CC[C@H]2[C@@H]3CCC4=CC(=O)CC(c5ccc(OCc6ccc(S(=O)(=O)C(F)(F)F)cc6)cc5)(c5ccc(OCc6ccc(S(=O)(=O)C(F)(F)F)cc6)cc5)C4=C3CC[C@@]21C. The predicted octanol–water partition coefficient (Wildman–Crippen LogP) is 10.5. The van der Waals surface area contributed by atoms with E-state index in [9.17, 15) is 53.1 Å². The van der Waals surface area contributed by atoms with E-state index >= 15 is 8.78 Å². The Bertz CT molecular complexity index is 2780. The van der Waals surface area contributed by atoms with Gasteiger partial charge in [-0.05, 0) is 144 Å². The van der Waals surface area contributed by atoms with Crippen molar-refractivity contribution in [3.8, 4) is 23.8 Å². The molecular weight excluding hydrogens is 933 g/mol. The molecule has 2 saturated carbocycles. The van der Waals surface area contributed by atoms with Crippen LogP contribution in [0.5, 0.6) is 11.5 Å². The van der Waals surface area contributed by atoms with Crippen molar-refractivity contribution in [2.45, 2.75) is 103 Å². The number of carbonyl (C=O) groups excluding carboxylic acids is 1. The van der Waals surface area contributed by atoms with Gasteiger partial charge in [-0.2, -0.15) is 35.1 Å². The van der Waals surface area contributed by atoms with Crippen LogP contribution >= 0.6 is 0 Å². The van der Waals surface area contributed by atoms with Gasteiger partial charge in [0.2, 0.25) is 0 Å². The van der Waals surface area contributed by atoms with E-state index in [0.29, 0.717) is 59.4 Å². The van der Waals surface area contributed by atoms with Crippen LogP contribution in [0.3, 0.4) is 0 Å². The summed E-state index contributed by atoms with van der Waals surface area (Å²) in [6.45, 7) is 1.42. The summed E-state index contributed by atoms with van der Waals surface area (Å²) in [5.41, 5.74) is -11.0. The summed E-state index contributed by atoms with van der Waals surface area (Å²) >= 11 is 0. The zero-order valence-corrected chi connectivity index (χ0v) is 37.2. The standard InChI is InChI=1S/C49H42F8O8S2/c1-3-47(50,51)46(59)25-23-42-40-21-8-32-26-35(58)27-45(43(32)41(40)22-24-44(42,46)2,33-9-13-36(14-10-33)64-28-30-4-17-38(18-5-30)66(60,61)48(52,53)54)34-11-15-37(16-12-34)65-29-31-6-19-39(20-7-31)67(62,63)49(55,56)57/h1,4-7,9-20,26,40,42,59H,8,21-25,27-29H2,2H3/t40-,42+,44+,46+/m1/s1. The molecule has 67 heavy (non-hydrogen) atoms. The number of rotatable bonds is 11. The molecular formula is C49H42F8O8S2. The van der Waals surface area contributed by atoms with Crippen LogP contribution in [-0.4, -0.2) is 50.3 Å². The fraction of sp³-hybridized carbons (Fsp3) is 0.367. The van der Waals surface area contributed by atoms with Gasteiger partial charge in [0.1, 0.15) is 30.3 Å². The molecule has 0 saturated heterocycles. The first-order valence-electron chi connectivity index (χ1n) is 21.1. The predicted molar refractivity (Wildman–Crippen MR) is 228 cm³/mol. The van der Waals surface area contributed by atoms with Crippen LogP contribution in [0.15, 0.2) is 130 Å². The molecule has 0 amide bonds. The summed E-state index contributed by atoms with van der Waals surface area (Å²) in [5.74, 6) is -2.32. The second kappa shape index (κ2) is 16.6. The largest absolute Gasteiger partial charge is 0.501 e. The molecule has 0 bridgehead atoms. The second-order valence-corrected chi connectivity index (χ2v) is 21.6. The summed E-state index contributed by atoms with van der Waals surface area (Å²) in [7, 11) is -11.1. The number of ether oxygens (including phenoxy) is 2. The Hall–Kier alpha value is -5.51. The molecule has 4 aromatic carbocycles. The normalized spacial score (nSPS) is 24.2. The smallest absolute Gasteiger partial charge is 0.489 e. The first kappa shape index (κ1) is 48.0. The van der Waals surface area contributed by atoms with Crippen LogP contribution in [0.25, 0.3) is 0 Å². The topological polar surface area (TPSA) is 124 Å². The molecule has 0 heterocycles. The Morgan fingerprint density at radius 3 is 1.58 bits per heavy atom. The molecule has 4 aromatic rings. The number of aliphatic hydroxyl groups is 1. The lowest BCUT2D eigenvalue weighted by Gasteiger charge is -2.54. The van der Waals surface area contributed by atoms with Gasteiger partial charge in [0.25, 0.3) is 19.7 Å². The number of alkyl halides is 8. The number of sulfone groups is 2. The van der Waals surface area contributed by atoms with Crippen LogP contribution in [0, 0.1) is 29.6 Å². The Morgan fingerprint density at radius 2 is 1.15 bits per heavy atom. The van der Waals surface area contributed by atoms with E-state index in [-0.39, 0.29) is 50.1 Å². The van der Waals surface area contributed by atoms with Crippen molar-refractivity contribution in [1.82, 2.24) is 0 Å². The van der Waals surface area contributed by atoms with E-state index in [4.69, 9.17) is 15.9 Å². The molecule has 4 atom stereocenters. The maximum Gasteiger partial charge on any atom is 0.501 e. The van der Waals surface area contributed by atoms with Crippen molar-refractivity contribution >= 4 is 25.5 Å². The van der Waals surface area contributed by atoms with Crippen LogP contribution < -0.4 is 9.47 Å². The molecule has 8 nitrogen and oxygen atoms in total. The number of fused-ring (bicyclic) bond motifs is 4. The van der Waals surface area contributed by atoms with Crippen molar-refractivity contribution in [2.24, 2.45) is 17.3 Å². The molecule has 4 aliphatic carbocycles. The van der Waals surface area contributed by atoms with E-state index < -0.39 is 62.8 Å². The molecule has 1 N–H and O–H groups in total. The third-order valence-electron chi connectivity index (χ3n) is 14.3. The quantitative estimate of drug-likeness (QED) is 0.116. The highest BCUT2D eigenvalue weighted by atomic mass is 32.2. The van der Waals surface area contributed by atoms with Crippen LogP contribution in [0.4, 0.5) is 35.1 Å². The number of benzene rings is 4. The molecule has 8 rings (SSSR count). The minimum atomic E-state index is -5.54. The lowest BCUT2D eigenvalue weighted by molar-refractivity contribution is -0.207. The maximum absolute atomic E-state index is 15.4. The summed E-state index contributed by atoms with van der Waals surface area (Å²) in [6.07, 6.45) is 8.54. The summed E-state index contributed by atoms with van der Waals surface area (Å²) in [4.78, 5) is 12.1. The van der Waals surface area contributed by atoms with Gasteiger partial charge in [0.15, 0.2) is 5.78 Å². The Kier molecular flexibility index (Phi) is 11.9. The van der Waals surface area contributed by atoms with Gasteiger partial charge >= 0.3 is 16.9 Å². The number of hydrogen-bond donors (Lipinski definition) is 1. The van der Waals surface area contributed by atoms with Crippen molar-refractivity contribution in [1.29, 1.82) is 0 Å². The van der Waals surface area contributed by atoms with Crippen molar-refractivity contribution in [3.63, 3.8) is 0 Å². The molecule has 18 heteroatoms. The molecule has 354 valence electrons. The number of allylic oxidation sites excluding steroid dienone is 4. The molecule has 4 aliphatic rings. The number of halogens is 8. The van der Waals surface area contributed by atoms with E-state index in [2.05, 4.69) is 0 Å². The number of hydrogen-bond acceptors (Lipinski definition) is 8. The molecule has 0 radical (unpaired) electrons. The lowest BCUT2D eigenvalue weighted by Crippen LogP contribution is -2.59. The maximum atomic E-state index is 15.4. The number of carbonyl (C=O) groups is 1. The lowest BCUT2D eigenvalue weighted by atomic mass is 9.50. The van der Waals surface area contributed by atoms with Crippen LogP contribution in [0.2, 0.25) is 0 Å². The summed E-state index contributed by atoms with van der Waals surface area (Å²) in [6, 6.07) is 22.0. The summed E-state index contributed by atoms with van der Waals surface area (Å²) < 4.78 is 169. The fourth-order valence-corrected chi connectivity index (χ4v) is 12.4. The molecule has 0 aliphatic heterocycles. The van der Waals surface area contributed by atoms with Gasteiger partial charge in [0.05, 0.1) is 15.2 Å². The van der Waals surface area contributed by atoms with Gasteiger partial charge in [-0.25, -0.2) is 16.8 Å². The Balaban J connectivity index is 1.14. The van der Waals surface area contributed by atoms with Crippen molar-refractivity contribution < 1.29 is 71.3 Å². The molecule has 0 aromatic heterocycles. The van der Waals surface area contributed by atoms with Crippen molar-refractivity contribution in [2.75, 3.05) is 0 Å². The first-order chi connectivity index (χ1) is 31.3. The minimum Gasteiger partial charge on any atom is -0.489 e. The van der Waals surface area contributed by atoms with Crippen LogP contribution in [0.1, 0.15) is 74.1 Å². The highest BCUT2D eigenvalue weighted by molar-refractivity contribution is 7.92. The number of terminal acetylenes is 1. The van der Waals surface area contributed by atoms with E-state index in [1.54, 1.807) is 67.5 Å². The van der Waals surface area contributed by atoms with E-state index in [1.165, 1.54) is 24.3 Å². The highest BCUT2D eigenvalue weighted by Gasteiger charge is 2.70. The molecule has 0 unspecified atom stereocenters. The van der Waals surface area contributed by atoms with E-state index in [1.807, 2.05) is 0 Å². The molecule has 2 fully saturated rings. The van der Waals surface area contributed by atoms with Gasteiger partial charge in [-0.15, -0.1) is 6.42 Å². The Morgan fingerprint density at radius 1 is 0.687 bits per heavy atom. The number of ketones is 1. The minimum absolute atomic E-state index is 0.0378. The second-order valence-electron chi connectivity index (χ2n) is 17.7. The summed E-state index contributed by atoms with van der Waals surface area (Å²) in [5, 5.41) is 11.7. The fourth-order valence-electron chi connectivity index (χ4n) is 10.8. The molecule has 0 spiro atoms. The average Bonchev–Trinajstić information content (AvgIpc) is 3.58. The van der Waals surface area contributed by atoms with Gasteiger partial charge < -0.3 is 14.6 Å². The third-order valence-corrected chi connectivity index (χ3v) is 17.3. The zero-order chi connectivity index (χ0) is 48.6. The third kappa shape index (κ3) is 7.94. The highest BCUT2D eigenvalue weighted by Crippen LogP contribution is 2.68. The first-order valence-corrected chi connectivity index (χ1v) is 24.1. The van der Waals surface area contributed by atoms with E-state index in [0.717, 1.165) is 41.0 Å². The van der Waals surface area contributed by atoms with Gasteiger partial charge in [-0.3, -0.25) is 4.79 Å². The monoisotopic (exact) mass is 974 g/mol. The van der Waals surface area contributed by atoms with Gasteiger partial charge in [-0.1, -0.05) is 61.0 Å². The zero-order valence-electron chi connectivity index (χ0n) is 35.6. The average molecular weight is 975 g/mol. The van der Waals surface area contributed by atoms with Gasteiger partial charge in [0, 0.05) is 11.8 Å². The van der Waals surface area contributed by atoms with Crippen LogP contribution in [-0.2, 0) is 43.1 Å². The van der Waals surface area contributed by atoms with Crippen molar-refractivity contribution in [3.05, 3.63) is 142 Å². The Labute approximate surface area is 381 Å².